The number of primary amides is 1. The van der Waals surface area contributed by atoms with Gasteiger partial charge in [0.2, 0.25) is 0 Å². The molecule has 3 rings (SSSR count). The third-order valence-corrected chi connectivity index (χ3v) is 2.85. The summed E-state index contributed by atoms with van der Waals surface area (Å²) in [5, 5.41) is 9.80. The molecule has 104 valence electrons. The maximum atomic E-state index is 9.23. The third kappa shape index (κ3) is 4.15. The predicted molar refractivity (Wildman–Crippen MR) is 77.3 cm³/mol. The van der Waals surface area contributed by atoms with E-state index in [1.54, 1.807) is 0 Å². The monoisotopic (exact) mass is 294 g/mol. The van der Waals surface area contributed by atoms with Crippen molar-refractivity contribution in [2.75, 3.05) is 0 Å². The fourth-order valence-electron chi connectivity index (χ4n) is 1.92. The molecule has 0 saturated heterocycles. The number of urea groups is 1. The van der Waals surface area contributed by atoms with Gasteiger partial charge in [-0.1, -0.05) is 25.1 Å². The molecule has 0 spiro atoms. The Balaban J connectivity index is 0.000000324. The normalized spacial score (nSPS) is 9.43. The number of benzene rings is 2. The van der Waals surface area contributed by atoms with Crippen LogP contribution in [0.5, 0.6) is 0 Å². The van der Waals surface area contributed by atoms with Crippen LogP contribution in [0, 0.1) is 6.42 Å². The van der Waals surface area contributed by atoms with Crippen LogP contribution in [-0.4, -0.2) is 11.2 Å². The van der Waals surface area contributed by atoms with Gasteiger partial charge in [0, 0.05) is 10.8 Å². The zero-order valence-electron chi connectivity index (χ0n) is 12.0. The fraction of sp³-hybridized carbons (Fsp3) is 0.0667. The molecule has 1 heterocycles. The number of nitrogens with two attached hydrogens (primary N) is 1. The summed E-state index contributed by atoms with van der Waals surface area (Å²) in [4.78, 5) is 9.23. The molecule has 6 heteroatoms. The Labute approximate surface area is 144 Å². The SMILES string of the molecule is C[CH-]c1ccc2c(c1)oc1ccccc12.NC(=O)NO.[Na+]. The molecule has 0 fully saturated rings. The molecule has 2 aromatic carbocycles. The van der Waals surface area contributed by atoms with Crippen LogP contribution in [0.25, 0.3) is 21.9 Å². The van der Waals surface area contributed by atoms with Crippen molar-refractivity contribution in [3.05, 3.63) is 54.4 Å². The van der Waals surface area contributed by atoms with Gasteiger partial charge in [-0.3, -0.25) is 5.21 Å². The van der Waals surface area contributed by atoms with Gasteiger partial charge in [-0.25, -0.2) is 10.3 Å². The van der Waals surface area contributed by atoms with E-state index in [0.717, 1.165) is 11.2 Å². The van der Waals surface area contributed by atoms with Crippen LogP contribution in [0.15, 0.2) is 46.9 Å². The van der Waals surface area contributed by atoms with Gasteiger partial charge in [-0.15, -0.1) is 12.1 Å². The minimum atomic E-state index is -0.940. The Morgan fingerprint density at radius 2 is 1.81 bits per heavy atom. The molecule has 0 atom stereocenters. The van der Waals surface area contributed by atoms with Gasteiger partial charge in [0.05, 0.1) is 5.58 Å². The van der Waals surface area contributed by atoms with Crippen LogP contribution < -0.4 is 40.8 Å². The first-order valence-corrected chi connectivity index (χ1v) is 6.06. The quantitative estimate of drug-likeness (QED) is 0.259. The Kier molecular flexibility index (Phi) is 6.58. The fourth-order valence-corrected chi connectivity index (χ4v) is 1.92. The van der Waals surface area contributed by atoms with Crippen molar-refractivity contribution in [1.29, 1.82) is 0 Å². The second-order valence-electron chi connectivity index (χ2n) is 4.12. The molecule has 1 aromatic heterocycles. The van der Waals surface area contributed by atoms with Crippen molar-refractivity contribution in [3.63, 3.8) is 0 Å². The van der Waals surface area contributed by atoms with E-state index in [9.17, 15) is 4.79 Å². The summed E-state index contributed by atoms with van der Waals surface area (Å²) in [6.45, 7) is 2.03. The van der Waals surface area contributed by atoms with Crippen LogP contribution in [-0.2, 0) is 0 Å². The molecule has 4 N–H and O–H groups in total. The number of hydrogen-bond acceptors (Lipinski definition) is 3. The summed E-state index contributed by atoms with van der Waals surface area (Å²) in [5.41, 5.74) is 8.58. The molecular formula is C15H15N2NaO3. The topological polar surface area (TPSA) is 88.5 Å². The van der Waals surface area contributed by atoms with Gasteiger partial charge in [0.25, 0.3) is 0 Å². The summed E-state index contributed by atoms with van der Waals surface area (Å²) < 4.78 is 5.77. The number of para-hydroxylation sites is 1. The largest absolute Gasteiger partial charge is 1.00 e. The van der Waals surface area contributed by atoms with Gasteiger partial charge in [-0.05, 0) is 6.07 Å². The van der Waals surface area contributed by atoms with Crippen molar-refractivity contribution >= 4 is 28.0 Å². The average Bonchev–Trinajstić information content (AvgIpc) is 2.85. The maximum Gasteiger partial charge on any atom is 1.00 e. The van der Waals surface area contributed by atoms with Crippen LogP contribution in [0.3, 0.4) is 0 Å². The molecule has 0 saturated carbocycles. The molecule has 21 heavy (non-hydrogen) atoms. The van der Waals surface area contributed by atoms with E-state index in [1.165, 1.54) is 21.8 Å². The van der Waals surface area contributed by atoms with E-state index in [1.807, 2.05) is 25.1 Å². The molecule has 2 amide bonds. The minimum absolute atomic E-state index is 0. The van der Waals surface area contributed by atoms with Crippen LogP contribution >= 0.6 is 0 Å². The van der Waals surface area contributed by atoms with Crippen molar-refractivity contribution in [1.82, 2.24) is 5.48 Å². The van der Waals surface area contributed by atoms with E-state index in [0.29, 0.717) is 0 Å². The summed E-state index contributed by atoms with van der Waals surface area (Å²) in [6, 6.07) is 13.5. The maximum absolute atomic E-state index is 9.23. The molecule has 0 aliphatic heterocycles. The zero-order chi connectivity index (χ0) is 14.5. The van der Waals surface area contributed by atoms with Crippen LogP contribution in [0.1, 0.15) is 12.5 Å². The summed E-state index contributed by atoms with van der Waals surface area (Å²) >= 11 is 0. The number of hydrogen-bond donors (Lipinski definition) is 3. The molecule has 0 unspecified atom stereocenters. The molecule has 3 aromatic rings. The first kappa shape index (κ1) is 17.4. The van der Waals surface area contributed by atoms with E-state index in [4.69, 9.17) is 9.62 Å². The van der Waals surface area contributed by atoms with Gasteiger partial charge in [0.1, 0.15) is 5.58 Å². The summed E-state index contributed by atoms with van der Waals surface area (Å²) in [7, 11) is 0. The number of hydroxylamine groups is 1. The van der Waals surface area contributed by atoms with Crippen LogP contribution in [0.2, 0.25) is 0 Å². The van der Waals surface area contributed by atoms with Crippen LogP contribution in [0.4, 0.5) is 4.79 Å². The van der Waals surface area contributed by atoms with E-state index in [2.05, 4.69) is 36.4 Å². The summed E-state index contributed by atoms with van der Waals surface area (Å²) in [6.07, 6.45) is 2.08. The molecule has 0 radical (unpaired) electrons. The average molecular weight is 294 g/mol. The molecule has 0 aliphatic rings. The van der Waals surface area contributed by atoms with Crippen molar-refractivity contribution in [2.45, 2.75) is 6.92 Å². The number of carbonyl (C=O) groups is 1. The standard InChI is InChI=1S/C14H11O.CH4N2O2.Na/c1-2-10-7-8-12-11-5-3-4-6-13(11)15-14(12)9-10;2-1(4)3-5;/h2-9H,1H3;5H,(H3,2,3,4);/q-1;;+1. The van der Waals surface area contributed by atoms with E-state index >= 15 is 0 Å². The van der Waals surface area contributed by atoms with Gasteiger partial charge in [-0.2, -0.15) is 18.1 Å². The molecular weight excluding hydrogens is 279 g/mol. The number of amides is 2. The number of fused-ring (bicyclic) bond motifs is 3. The second-order valence-corrected chi connectivity index (χ2v) is 4.12. The second kappa shape index (κ2) is 7.95. The molecule has 0 bridgehead atoms. The number of furan rings is 1. The number of rotatable bonds is 1. The van der Waals surface area contributed by atoms with E-state index < -0.39 is 6.03 Å². The van der Waals surface area contributed by atoms with Gasteiger partial charge < -0.3 is 10.2 Å². The Morgan fingerprint density at radius 3 is 2.43 bits per heavy atom. The number of carbonyl (C=O) groups excluding carboxylic acids is 1. The van der Waals surface area contributed by atoms with Crippen molar-refractivity contribution in [3.8, 4) is 0 Å². The first-order valence-electron chi connectivity index (χ1n) is 6.06. The first-order chi connectivity index (χ1) is 9.65. The molecule has 0 aliphatic carbocycles. The third-order valence-electron chi connectivity index (χ3n) is 2.85. The van der Waals surface area contributed by atoms with E-state index in [-0.39, 0.29) is 29.6 Å². The Morgan fingerprint density at radius 1 is 1.19 bits per heavy atom. The zero-order valence-corrected chi connectivity index (χ0v) is 14.0. The Bertz CT molecular complexity index is 740. The minimum Gasteiger partial charge on any atom is -0.469 e. The predicted octanol–water partition coefficient (Wildman–Crippen LogP) is 0.206. The van der Waals surface area contributed by atoms with Gasteiger partial charge in [0.15, 0.2) is 0 Å². The Hall–Kier alpha value is -1.66. The van der Waals surface area contributed by atoms with Crippen molar-refractivity contribution < 1.29 is 44.0 Å². The molecule has 5 nitrogen and oxygen atoms in total. The van der Waals surface area contributed by atoms with Gasteiger partial charge >= 0.3 is 35.6 Å². The summed E-state index contributed by atoms with van der Waals surface area (Å²) in [5.74, 6) is 0. The van der Waals surface area contributed by atoms with Crippen molar-refractivity contribution in [2.24, 2.45) is 5.73 Å². The smallest absolute Gasteiger partial charge is 0.469 e. The number of nitrogens with one attached hydrogen (secondary N) is 1.